The molecule has 2 heterocycles. The molecule has 1 saturated carbocycles. The van der Waals surface area contributed by atoms with Gasteiger partial charge < -0.3 is 0 Å². The zero-order valence-electron chi connectivity index (χ0n) is 18.8. The molecule has 2 aromatic heterocycles. The second-order valence-electron chi connectivity index (χ2n) is 8.25. The molecule has 1 aliphatic carbocycles. The Hall–Kier alpha value is -2.89. The summed E-state index contributed by atoms with van der Waals surface area (Å²) in [6.07, 6.45) is 2.17. The maximum absolute atomic E-state index is 12.7. The maximum atomic E-state index is 12.7. The average molecular weight is 488 g/mol. The first kappa shape index (κ1) is 23.3. The van der Waals surface area contributed by atoms with E-state index in [-0.39, 0.29) is 4.90 Å². The number of carbonyl (C=O) groups excluding carboxylic acids is 2. The van der Waals surface area contributed by atoms with E-state index >= 15 is 0 Å². The molecule has 11 heteroatoms. The maximum Gasteiger partial charge on any atom is 0.280 e. The van der Waals surface area contributed by atoms with Crippen molar-refractivity contribution in [2.75, 3.05) is 13.6 Å². The molecule has 9 nitrogen and oxygen atoms in total. The molecule has 1 aliphatic rings. The summed E-state index contributed by atoms with van der Waals surface area (Å²) in [7, 11) is -2.52. The van der Waals surface area contributed by atoms with Crippen LogP contribution in [0.2, 0.25) is 0 Å². The van der Waals surface area contributed by atoms with Crippen molar-refractivity contribution in [1.29, 1.82) is 0 Å². The third kappa shape index (κ3) is 4.75. The molecule has 2 N–H and O–H groups in total. The van der Waals surface area contributed by atoms with E-state index in [1.807, 2.05) is 20.8 Å². The lowest BCUT2D eigenvalue weighted by atomic mass is 10.1. The van der Waals surface area contributed by atoms with Crippen molar-refractivity contribution in [2.45, 2.75) is 44.4 Å². The van der Waals surface area contributed by atoms with Gasteiger partial charge in [0.2, 0.25) is 10.0 Å². The predicted molar refractivity (Wildman–Crippen MR) is 125 cm³/mol. The summed E-state index contributed by atoms with van der Waals surface area (Å²) in [6, 6.07) is 6.36. The first-order valence-corrected chi connectivity index (χ1v) is 12.7. The van der Waals surface area contributed by atoms with Crippen molar-refractivity contribution < 1.29 is 18.0 Å². The average Bonchev–Trinajstić information content (AvgIpc) is 3.56. The number of sulfonamides is 1. The number of likely N-dealkylation sites (N-methyl/N-ethyl adjacent to an activating group) is 1. The van der Waals surface area contributed by atoms with Gasteiger partial charge in [0.1, 0.15) is 10.7 Å². The second kappa shape index (κ2) is 8.81. The zero-order chi connectivity index (χ0) is 23.9. The highest BCUT2D eigenvalue weighted by atomic mass is 32.2. The van der Waals surface area contributed by atoms with Gasteiger partial charge in [0, 0.05) is 18.4 Å². The summed E-state index contributed by atoms with van der Waals surface area (Å²) < 4.78 is 26.2. The van der Waals surface area contributed by atoms with Gasteiger partial charge in [-0.25, -0.2) is 18.4 Å². The van der Waals surface area contributed by atoms with Gasteiger partial charge in [0.05, 0.1) is 22.0 Å². The van der Waals surface area contributed by atoms with E-state index < -0.39 is 28.4 Å². The van der Waals surface area contributed by atoms with Crippen LogP contribution < -0.4 is 10.9 Å². The van der Waals surface area contributed by atoms with E-state index in [9.17, 15) is 18.0 Å². The van der Waals surface area contributed by atoms with Crippen LogP contribution >= 0.6 is 11.3 Å². The van der Waals surface area contributed by atoms with Crippen molar-refractivity contribution in [3.8, 4) is 0 Å². The number of fused-ring (bicyclic) bond motifs is 1. The lowest BCUT2D eigenvalue weighted by Gasteiger charge is -2.17. The molecule has 0 aliphatic heterocycles. The van der Waals surface area contributed by atoms with E-state index in [0.29, 0.717) is 10.8 Å². The summed E-state index contributed by atoms with van der Waals surface area (Å²) in [6.45, 7) is 5.14. The Morgan fingerprint density at radius 1 is 1.09 bits per heavy atom. The van der Waals surface area contributed by atoms with E-state index in [4.69, 9.17) is 0 Å². The van der Waals surface area contributed by atoms with Crippen LogP contribution in [0, 0.1) is 20.8 Å². The van der Waals surface area contributed by atoms with E-state index in [0.717, 1.165) is 50.0 Å². The predicted octanol–water partition coefficient (Wildman–Crippen LogP) is 2.58. The van der Waals surface area contributed by atoms with Crippen molar-refractivity contribution in [1.82, 2.24) is 25.1 Å². The molecule has 1 fully saturated rings. The number of carbonyl (C=O) groups is 2. The SMILES string of the molecule is Cc1ccc(S(=O)(=O)N(C)CC(=O)NNC(=O)c2sc3nc(C4CC4)nc(C)c3c2C)cc1. The monoisotopic (exact) mass is 487 g/mol. The number of nitrogens with one attached hydrogen (secondary N) is 2. The molecule has 0 radical (unpaired) electrons. The number of nitrogens with zero attached hydrogens (tertiary/aromatic N) is 3. The Labute approximate surface area is 196 Å². The fourth-order valence-electron chi connectivity index (χ4n) is 3.50. The minimum atomic E-state index is -3.83. The van der Waals surface area contributed by atoms with Gasteiger partial charge in [-0.05, 0) is 51.3 Å². The van der Waals surface area contributed by atoms with E-state index in [2.05, 4.69) is 20.8 Å². The molecule has 0 spiro atoms. The van der Waals surface area contributed by atoms with Crippen LogP contribution in [0.3, 0.4) is 0 Å². The Balaban J connectivity index is 1.41. The molecule has 3 aromatic rings. The number of amides is 2. The smallest absolute Gasteiger partial charge is 0.272 e. The van der Waals surface area contributed by atoms with Gasteiger partial charge in [0.25, 0.3) is 11.8 Å². The molecule has 1 aromatic carbocycles. The van der Waals surface area contributed by atoms with E-state index in [1.165, 1.54) is 30.5 Å². The fraction of sp³-hybridized carbons (Fsp3) is 0.364. The van der Waals surface area contributed by atoms with Crippen molar-refractivity contribution in [3.63, 3.8) is 0 Å². The zero-order valence-corrected chi connectivity index (χ0v) is 20.4. The number of rotatable bonds is 6. The van der Waals surface area contributed by atoms with Crippen LogP contribution in [-0.4, -0.2) is 48.1 Å². The van der Waals surface area contributed by atoms with Gasteiger partial charge in [-0.1, -0.05) is 17.7 Å². The topological polar surface area (TPSA) is 121 Å². The largest absolute Gasteiger partial charge is 0.280 e. The van der Waals surface area contributed by atoms with Crippen LogP contribution in [0.25, 0.3) is 10.2 Å². The molecular weight excluding hydrogens is 462 g/mol. The number of benzene rings is 1. The minimum Gasteiger partial charge on any atom is -0.272 e. The third-order valence-corrected chi connectivity index (χ3v) is 8.55. The van der Waals surface area contributed by atoms with Crippen molar-refractivity contribution >= 4 is 43.4 Å². The summed E-state index contributed by atoms with van der Waals surface area (Å²) in [4.78, 5) is 35.5. The number of hydrogen-bond donors (Lipinski definition) is 2. The molecule has 4 rings (SSSR count). The molecule has 33 heavy (non-hydrogen) atoms. The van der Waals surface area contributed by atoms with Gasteiger partial charge in [-0.15, -0.1) is 11.3 Å². The number of aryl methyl sites for hydroxylation is 3. The molecule has 174 valence electrons. The third-order valence-electron chi connectivity index (χ3n) is 5.55. The summed E-state index contributed by atoms with van der Waals surface area (Å²) in [5, 5.41) is 0.852. The quantitative estimate of drug-likeness (QED) is 0.516. The van der Waals surface area contributed by atoms with Gasteiger partial charge >= 0.3 is 0 Å². The highest BCUT2D eigenvalue weighted by Crippen LogP contribution is 2.40. The summed E-state index contributed by atoms with van der Waals surface area (Å²) >= 11 is 1.25. The number of thiophene rings is 1. The van der Waals surface area contributed by atoms with Crippen LogP contribution in [-0.2, 0) is 14.8 Å². The highest BCUT2D eigenvalue weighted by molar-refractivity contribution is 7.89. The Kier molecular flexibility index (Phi) is 6.21. The molecule has 0 saturated heterocycles. The van der Waals surface area contributed by atoms with Crippen LogP contribution in [0.5, 0.6) is 0 Å². The minimum absolute atomic E-state index is 0.0929. The molecule has 2 amide bonds. The fourth-order valence-corrected chi connectivity index (χ4v) is 5.76. The lowest BCUT2D eigenvalue weighted by Crippen LogP contribution is -2.46. The second-order valence-corrected chi connectivity index (χ2v) is 11.3. The normalized spacial score (nSPS) is 14.0. The number of aromatic nitrogens is 2. The van der Waals surface area contributed by atoms with Crippen molar-refractivity contribution in [3.05, 3.63) is 51.8 Å². The van der Waals surface area contributed by atoms with Crippen molar-refractivity contribution in [2.24, 2.45) is 0 Å². The van der Waals surface area contributed by atoms with Crippen LogP contribution in [0.15, 0.2) is 29.2 Å². The van der Waals surface area contributed by atoms with E-state index in [1.54, 1.807) is 12.1 Å². The summed E-state index contributed by atoms with van der Waals surface area (Å²) in [5.74, 6) is 0.0761. The van der Waals surface area contributed by atoms with Crippen LogP contribution in [0.4, 0.5) is 0 Å². The lowest BCUT2D eigenvalue weighted by molar-refractivity contribution is -0.121. The Morgan fingerprint density at radius 2 is 1.76 bits per heavy atom. The first-order chi connectivity index (χ1) is 15.6. The number of hydrazine groups is 1. The van der Waals surface area contributed by atoms with Crippen LogP contribution in [0.1, 0.15) is 51.1 Å². The van der Waals surface area contributed by atoms with Gasteiger partial charge in [-0.3, -0.25) is 20.4 Å². The molecule has 0 bridgehead atoms. The Bertz CT molecular complexity index is 1350. The van der Waals surface area contributed by atoms with Gasteiger partial charge in [-0.2, -0.15) is 4.31 Å². The first-order valence-electron chi connectivity index (χ1n) is 10.5. The molecule has 0 unspecified atom stereocenters. The molecule has 0 atom stereocenters. The molecular formula is C22H25N5O4S2. The standard InChI is InChI=1S/C22H25N5O4S2/c1-12-5-9-16(10-6-12)33(30,31)27(4)11-17(28)25-26-21(29)19-13(2)18-14(3)23-20(15-7-8-15)24-22(18)32-19/h5-6,9-10,15H,7-8,11H2,1-4H3,(H,25,28)(H,26,29). The van der Waals surface area contributed by atoms with Gasteiger partial charge in [0.15, 0.2) is 0 Å². The number of hydrogen-bond acceptors (Lipinski definition) is 7. The summed E-state index contributed by atoms with van der Waals surface area (Å²) in [5.41, 5.74) is 7.19. The Morgan fingerprint density at radius 3 is 2.39 bits per heavy atom. The highest BCUT2D eigenvalue weighted by Gasteiger charge is 2.29.